The number of nitrogens with zero attached hydrogens (tertiary/aromatic N) is 5. The summed E-state index contributed by atoms with van der Waals surface area (Å²) in [5.74, 6) is -0.664. The molecule has 13 nitrogen and oxygen atoms in total. The minimum Gasteiger partial charge on any atom is -0.460 e. The van der Waals surface area contributed by atoms with Gasteiger partial charge in [0.1, 0.15) is 24.9 Å². The Morgan fingerprint density at radius 3 is 2.73 bits per heavy atom. The highest BCUT2D eigenvalue weighted by Crippen LogP contribution is 2.26. The Morgan fingerprint density at radius 1 is 1.27 bits per heavy atom. The van der Waals surface area contributed by atoms with Crippen molar-refractivity contribution in [1.29, 1.82) is 0 Å². The number of aromatic nitrogens is 4. The van der Waals surface area contributed by atoms with Crippen molar-refractivity contribution in [2.24, 2.45) is 14.1 Å². The van der Waals surface area contributed by atoms with Crippen molar-refractivity contribution in [2.75, 3.05) is 19.8 Å². The summed E-state index contributed by atoms with van der Waals surface area (Å²) in [5, 5.41) is 29.4. The highest BCUT2D eigenvalue weighted by atomic mass is 16.6. The Balaban J connectivity index is 1.41. The van der Waals surface area contributed by atoms with Crippen LogP contribution in [0, 0.1) is 0 Å². The third-order valence-corrected chi connectivity index (χ3v) is 5.78. The van der Waals surface area contributed by atoms with Gasteiger partial charge in [0.15, 0.2) is 17.4 Å². The van der Waals surface area contributed by atoms with Crippen LogP contribution in [0.15, 0.2) is 39.8 Å². The maximum Gasteiger partial charge on any atom is 0.335 e. The summed E-state index contributed by atoms with van der Waals surface area (Å²) in [6.07, 6.45) is 1.72. The first-order valence-corrected chi connectivity index (χ1v) is 10.3. The van der Waals surface area contributed by atoms with E-state index >= 15 is 0 Å². The van der Waals surface area contributed by atoms with Crippen molar-refractivity contribution in [3.63, 3.8) is 0 Å². The number of hydrogen-bond acceptors (Lipinski definition) is 10. The van der Waals surface area contributed by atoms with Crippen molar-refractivity contribution in [3.05, 3.63) is 51.1 Å². The fourth-order valence-electron chi connectivity index (χ4n) is 3.95. The molecule has 3 N–H and O–H groups in total. The van der Waals surface area contributed by atoms with E-state index in [0.717, 1.165) is 4.57 Å². The Hall–Kier alpha value is -3.26. The van der Waals surface area contributed by atoms with Crippen LogP contribution in [0.5, 0.6) is 0 Å². The van der Waals surface area contributed by atoms with Crippen LogP contribution in [0.2, 0.25) is 0 Å². The molecule has 0 saturated carbocycles. The minimum absolute atomic E-state index is 0.0324. The molecule has 2 aromatic heterocycles. The summed E-state index contributed by atoms with van der Waals surface area (Å²) >= 11 is 0. The average Bonchev–Trinajstić information content (AvgIpc) is 3.34. The van der Waals surface area contributed by atoms with Crippen molar-refractivity contribution in [3.8, 4) is 0 Å². The van der Waals surface area contributed by atoms with Crippen LogP contribution < -0.4 is 11.2 Å². The molecular weight excluding hydrogens is 438 g/mol. The smallest absolute Gasteiger partial charge is 0.335 e. The van der Waals surface area contributed by atoms with Gasteiger partial charge in [0, 0.05) is 20.3 Å². The van der Waals surface area contributed by atoms with Gasteiger partial charge in [-0.25, -0.2) is 14.6 Å². The first kappa shape index (κ1) is 22.9. The zero-order valence-electron chi connectivity index (χ0n) is 18.1. The summed E-state index contributed by atoms with van der Waals surface area (Å²) in [5.41, 5.74) is -0.322. The average molecular weight is 463 g/mol. The fourth-order valence-corrected chi connectivity index (χ4v) is 3.95. The van der Waals surface area contributed by atoms with Crippen molar-refractivity contribution >= 4 is 17.1 Å². The molecule has 0 aromatic carbocycles. The van der Waals surface area contributed by atoms with Gasteiger partial charge in [-0.2, -0.15) is 0 Å². The highest BCUT2D eigenvalue weighted by Gasteiger charge is 2.45. The van der Waals surface area contributed by atoms with Crippen LogP contribution in [0.3, 0.4) is 0 Å². The molecule has 0 amide bonds. The van der Waals surface area contributed by atoms with Gasteiger partial charge in [-0.1, -0.05) is 0 Å². The molecule has 33 heavy (non-hydrogen) atoms. The molecular formula is C20H25N5O8. The lowest BCUT2D eigenvalue weighted by Gasteiger charge is -2.31. The van der Waals surface area contributed by atoms with E-state index in [2.05, 4.69) is 4.98 Å². The number of rotatable bonds is 6. The van der Waals surface area contributed by atoms with Crippen LogP contribution in [0.1, 0.15) is 0 Å². The number of allylic oxidation sites excluding steroid dienone is 2. The molecule has 0 spiro atoms. The molecule has 178 valence electrons. The largest absolute Gasteiger partial charge is 0.460 e. The number of aryl methyl sites for hydroxylation is 2. The molecule has 4 heterocycles. The first-order chi connectivity index (χ1) is 15.7. The summed E-state index contributed by atoms with van der Waals surface area (Å²) < 4.78 is 14.5. The molecule has 0 radical (unpaired) electrons. The Bertz CT molecular complexity index is 1240. The number of esters is 1. The molecule has 0 unspecified atom stereocenters. The molecule has 2 aromatic rings. The molecule has 2 aliphatic heterocycles. The van der Waals surface area contributed by atoms with Gasteiger partial charge in [-0.3, -0.25) is 13.9 Å². The standard InChI is InChI=1S/C20H25N5O8/c1-22-10-21-16-13(22)17(29)25(20(31)23(16)2)6-7-32-19(30)11-4-3-5-24(8-11)18-15(28)14(27)12(9-26)33-18/h3-5,10,12,14-15,18,26-28H,6-9H2,1-2H3/t12-,14-,15-,18-/m1/s1. The molecule has 13 heteroatoms. The van der Waals surface area contributed by atoms with E-state index in [0.29, 0.717) is 0 Å². The number of aliphatic hydroxyl groups is 3. The van der Waals surface area contributed by atoms with Gasteiger partial charge < -0.3 is 34.3 Å². The summed E-state index contributed by atoms with van der Waals surface area (Å²) in [4.78, 5) is 43.3. The predicted molar refractivity (Wildman–Crippen MR) is 113 cm³/mol. The summed E-state index contributed by atoms with van der Waals surface area (Å²) in [6, 6.07) is 0. The lowest BCUT2D eigenvalue weighted by atomic mass is 10.1. The molecule has 4 atom stereocenters. The molecule has 2 aliphatic rings. The lowest BCUT2D eigenvalue weighted by Crippen LogP contribution is -2.43. The topological polar surface area (TPSA) is 161 Å². The van der Waals surface area contributed by atoms with Crippen LogP contribution in [0.25, 0.3) is 11.2 Å². The van der Waals surface area contributed by atoms with Crippen molar-refractivity contribution < 1.29 is 29.6 Å². The zero-order valence-corrected chi connectivity index (χ0v) is 18.1. The Kier molecular flexibility index (Phi) is 6.21. The molecule has 1 saturated heterocycles. The van der Waals surface area contributed by atoms with Crippen LogP contribution in [-0.2, 0) is 34.9 Å². The highest BCUT2D eigenvalue weighted by molar-refractivity contribution is 5.89. The monoisotopic (exact) mass is 463 g/mol. The summed E-state index contributed by atoms with van der Waals surface area (Å²) in [7, 11) is 3.15. The number of fused-ring (bicyclic) bond motifs is 1. The van der Waals surface area contributed by atoms with E-state index in [1.165, 1.54) is 33.5 Å². The van der Waals surface area contributed by atoms with Crippen molar-refractivity contribution in [1.82, 2.24) is 23.6 Å². The van der Waals surface area contributed by atoms with E-state index < -0.39 is 48.4 Å². The molecule has 4 rings (SSSR count). The summed E-state index contributed by atoms with van der Waals surface area (Å²) in [6.45, 7) is -0.780. The maximum atomic E-state index is 12.7. The van der Waals surface area contributed by atoms with E-state index in [1.807, 2.05) is 0 Å². The predicted octanol–water partition coefficient (Wildman–Crippen LogP) is -2.83. The van der Waals surface area contributed by atoms with Crippen LogP contribution >= 0.6 is 0 Å². The zero-order chi connectivity index (χ0) is 23.9. The van der Waals surface area contributed by atoms with Gasteiger partial charge in [0.05, 0.1) is 31.6 Å². The Morgan fingerprint density at radius 2 is 2.03 bits per heavy atom. The van der Waals surface area contributed by atoms with Crippen LogP contribution in [-0.4, -0.2) is 89.2 Å². The number of aliphatic hydroxyl groups excluding tert-OH is 3. The van der Waals surface area contributed by atoms with Crippen molar-refractivity contribution in [2.45, 2.75) is 31.1 Å². The van der Waals surface area contributed by atoms with Gasteiger partial charge in [-0.05, 0) is 12.2 Å². The minimum atomic E-state index is -1.27. The third kappa shape index (κ3) is 3.99. The number of ether oxygens (including phenoxy) is 2. The third-order valence-electron chi connectivity index (χ3n) is 5.78. The lowest BCUT2D eigenvalue weighted by molar-refractivity contribution is -0.140. The van der Waals surface area contributed by atoms with Crippen LogP contribution in [0.4, 0.5) is 0 Å². The van der Waals surface area contributed by atoms with Gasteiger partial charge in [0.25, 0.3) is 5.56 Å². The molecule has 1 fully saturated rings. The normalized spacial score (nSPS) is 25.0. The number of carbonyl (C=O) groups excluding carboxylic acids is 1. The Labute approximate surface area is 187 Å². The second-order valence-corrected chi connectivity index (χ2v) is 7.90. The maximum absolute atomic E-state index is 12.7. The first-order valence-electron chi connectivity index (χ1n) is 10.3. The van der Waals surface area contributed by atoms with E-state index in [-0.39, 0.29) is 36.4 Å². The second-order valence-electron chi connectivity index (χ2n) is 7.90. The molecule has 0 aliphatic carbocycles. The van der Waals surface area contributed by atoms with Gasteiger partial charge >= 0.3 is 11.7 Å². The fraction of sp³-hybridized carbons (Fsp3) is 0.500. The van der Waals surface area contributed by atoms with E-state index in [1.54, 1.807) is 19.3 Å². The van der Waals surface area contributed by atoms with Gasteiger partial charge in [-0.15, -0.1) is 0 Å². The number of carbonyl (C=O) groups is 1. The van der Waals surface area contributed by atoms with E-state index in [9.17, 15) is 29.7 Å². The van der Waals surface area contributed by atoms with E-state index in [4.69, 9.17) is 9.47 Å². The quantitative estimate of drug-likeness (QED) is 0.381. The number of hydrogen-bond donors (Lipinski definition) is 3. The number of imidazole rings is 1. The van der Waals surface area contributed by atoms with Gasteiger partial charge in [0.2, 0.25) is 0 Å². The SMILES string of the molecule is Cn1cnc2c1c(=O)n(CCOC(=O)C1=CC=CN([C@@H]3O[C@H](CO)[C@@H](O)[C@H]3O)C1)c(=O)n2C. The molecule has 0 bridgehead atoms. The second kappa shape index (κ2) is 8.94.